The molecule has 1 amide bonds. The molecule has 1 rings (SSSR count). The SMILES string of the molecule is CCC(CC)[C@H](NC(C)=O)C1[C@H](N=C(N)N)C[C@H](C=O)[C@H]1O.OF. The van der Waals surface area contributed by atoms with Crippen molar-refractivity contribution in [2.75, 3.05) is 0 Å². The number of aliphatic imine (C=N–C) groups is 1. The van der Waals surface area contributed by atoms with Crippen LogP contribution in [0.2, 0.25) is 0 Å². The van der Waals surface area contributed by atoms with Crippen molar-refractivity contribution in [2.24, 2.45) is 34.2 Å². The van der Waals surface area contributed by atoms with Gasteiger partial charge >= 0.3 is 0 Å². The molecule has 0 aromatic rings. The molecular formula is C15H29FN4O4. The van der Waals surface area contributed by atoms with Gasteiger partial charge < -0.3 is 26.7 Å². The monoisotopic (exact) mass is 348 g/mol. The molecule has 0 aromatic carbocycles. The summed E-state index contributed by atoms with van der Waals surface area (Å²) >= 11 is 0. The van der Waals surface area contributed by atoms with Gasteiger partial charge in [-0.3, -0.25) is 4.79 Å². The molecule has 1 aliphatic rings. The van der Waals surface area contributed by atoms with Crippen LogP contribution in [-0.2, 0) is 9.59 Å². The Hall–Kier alpha value is -1.74. The smallest absolute Gasteiger partial charge is 0.217 e. The first-order valence-corrected chi connectivity index (χ1v) is 8.01. The predicted molar refractivity (Wildman–Crippen MR) is 88.3 cm³/mol. The fourth-order valence-corrected chi connectivity index (χ4v) is 3.57. The lowest BCUT2D eigenvalue weighted by Gasteiger charge is -2.35. The highest BCUT2D eigenvalue weighted by atomic mass is 19.3. The normalized spacial score (nSPS) is 27.0. The average Bonchev–Trinajstić information content (AvgIpc) is 2.84. The van der Waals surface area contributed by atoms with Crippen LogP contribution in [0.1, 0.15) is 40.0 Å². The van der Waals surface area contributed by atoms with Crippen LogP contribution in [0.25, 0.3) is 0 Å². The van der Waals surface area contributed by atoms with Gasteiger partial charge in [-0.2, -0.15) is 0 Å². The lowest BCUT2D eigenvalue weighted by molar-refractivity contribution is -0.121. The van der Waals surface area contributed by atoms with Gasteiger partial charge in [-0.05, 0) is 12.3 Å². The molecule has 0 bridgehead atoms. The zero-order valence-corrected chi connectivity index (χ0v) is 14.4. The van der Waals surface area contributed by atoms with Crippen molar-refractivity contribution < 1.29 is 24.5 Å². The van der Waals surface area contributed by atoms with Crippen LogP contribution in [0.4, 0.5) is 4.53 Å². The molecule has 1 fully saturated rings. The Labute approximate surface area is 141 Å². The van der Waals surface area contributed by atoms with Crippen molar-refractivity contribution in [1.82, 2.24) is 5.32 Å². The number of hydrogen-bond donors (Lipinski definition) is 5. The fourth-order valence-electron chi connectivity index (χ4n) is 3.57. The summed E-state index contributed by atoms with van der Waals surface area (Å²) in [5.74, 6) is -0.928. The van der Waals surface area contributed by atoms with E-state index >= 15 is 0 Å². The minimum atomic E-state index is -0.858. The molecule has 7 N–H and O–H groups in total. The summed E-state index contributed by atoms with van der Waals surface area (Å²) < 4.78 is 8.50. The van der Waals surface area contributed by atoms with E-state index < -0.39 is 12.0 Å². The van der Waals surface area contributed by atoms with Crippen molar-refractivity contribution in [3.8, 4) is 0 Å². The Morgan fingerprint density at radius 3 is 2.29 bits per heavy atom. The van der Waals surface area contributed by atoms with Gasteiger partial charge in [0.05, 0.1) is 12.1 Å². The van der Waals surface area contributed by atoms with Crippen molar-refractivity contribution in [2.45, 2.75) is 58.2 Å². The molecule has 0 heterocycles. The van der Waals surface area contributed by atoms with E-state index in [1.54, 1.807) is 0 Å². The van der Waals surface area contributed by atoms with Crippen LogP contribution in [0.3, 0.4) is 0 Å². The number of amides is 1. The fraction of sp³-hybridized carbons (Fsp3) is 0.800. The number of hydrogen-bond acceptors (Lipinski definition) is 5. The molecule has 5 atom stereocenters. The van der Waals surface area contributed by atoms with Crippen LogP contribution in [0.5, 0.6) is 0 Å². The molecule has 0 radical (unpaired) electrons. The van der Waals surface area contributed by atoms with Gasteiger partial charge in [0.25, 0.3) is 0 Å². The van der Waals surface area contributed by atoms with Gasteiger partial charge in [0, 0.05) is 24.8 Å². The second-order valence-electron chi connectivity index (χ2n) is 6.03. The molecule has 1 saturated carbocycles. The summed E-state index contributed by atoms with van der Waals surface area (Å²) in [6.45, 7) is 5.53. The van der Waals surface area contributed by atoms with E-state index in [9.17, 15) is 14.7 Å². The number of carbonyl (C=O) groups excluding carboxylic acids is 2. The summed E-state index contributed by atoms with van der Waals surface area (Å²) in [5.41, 5.74) is 11.0. The second kappa shape index (κ2) is 10.9. The summed E-state index contributed by atoms with van der Waals surface area (Å²) in [6, 6.07) is -0.631. The molecule has 8 nitrogen and oxygen atoms in total. The lowest BCUT2D eigenvalue weighted by Crippen LogP contribution is -2.50. The molecule has 0 spiro atoms. The second-order valence-corrected chi connectivity index (χ2v) is 6.03. The average molecular weight is 348 g/mol. The minimum absolute atomic E-state index is 0.0696. The standard InChI is InChI=1S/C15H28N4O3.FHO/c1-4-9(5-2)13(18-8(3)21)12-11(19-15(16)17)6-10(7-20)14(12)22;1-2/h7,9-14,22H,4-6H2,1-3H3,(H,18,21)(H4,16,17,19);2H/t10-,11-,12?,13+,14-;/m1./s1. The largest absolute Gasteiger partial charge is 0.392 e. The van der Waals surface area contributed by atoms with Crippen LogP contribution >= 0.6 is 0 Å². The highest BCUT2D eigenvalue weighted by Gasteiger charge is 2.48. The number of nitrogens with zero attached hydrogens (tertiary/aromatic N) is 1. The molecule has 1 aliphatic carbocycles. The number of aliphatic hydroxyl groups is 1. The van der Waals surface area contributed by atoms with Gasteiger partial charge in [-0.15, -0.1) is 0 Å². The summed E-state index contributed by atoms with van der Waals surface area (Å²) in [5, 5.41) is 19.0. The number of aldehydes is 1. The van der Waals surface area contributed by atoms with E-state index in [4.69, 9.17) is 21.3 Å². The summed E-state index contributed by atoms with van der Waals surface area (Å²) in [6.07, 6.45) is 1.99. The van der Waals surface area contributed by atoms with Gasteiger partial charge in [0.15, 0.2) is 5.96 Å². The lowest BCUT2D eigenvalue weighted by atomic mass is 9.80. The third kappa shape index (κ3) is 5.72. The molecule has 140 valence electrons. The van der Waals surface area contributed by atoms with Gasteiger partial charge in [-0.1, -0.05) is 31.2 Å². The third-order valence-electron chi connectivity index (χ3n) is 4.62. The number of nitrogens with one attached hydrogen (secondary N) is 1. The number of halogens is 1. The van der Waals surface area contributed by atoms with Crippen LogP contribution in [0.15, 0.2) is 4.99 Å². The molecule has 1 unspecified atom stereocenters. The van der Waals surface area contributed by atoms with E-state index in [-0.39, 0.29) is 35.8 Å². The van der Waals surface area contributed by atoms with Crippen LogP contribution < -0.4 is 16.8 Å². The maximum absolute atomic E-state index is 11.6. The molecule has 9 heteroatoms. The Morgan fingerprint density at radius 2 is 1.92 bits per heavy atom. The number of carbonyl (C=O) groups is 2. The number of rotatable bonds is 7. The highest BCUT2D eigenvalue weighted by molar-refractivity contribution is 5.76. The molecular weight excluding hydrogens is 319 g/mol. The van der Waals surface area contributed by atoms with E-state index in [1.807, 2.05) is 13.8 Å². The number of guanidine groups is 1. The first kappa shape index (κ1) is 22.3. The molecule has 0 aromatic heterocycles. The van der Waals surface area contributed by atoms with E-state index in [0.717, 1.165) is 19.1 Å². The highest BCUT2D eigenvalue weighted by Crippen LogP contribution is 2.38. The van der Waals surface area contributed by atoms with Crippen molar-refractivity contribution in [3.05, 3.63) is 0 Å². The number of nitrogens with two attached hydrogens (primary N) is 2. The Kier molecular flexibility index (Phi) is 10.1. The maximum atomic E-state index is 11.6. The topological polar surface area (TPSA) is 151 Å². The predicted octanol–water partition coefficient (Wildman–Crippen LogP) is -0.372. The van der Waals surface area contributed by atoms with Crippen molar-refractivity contribution >= 4 is 18.2 Å². The summed E-state index contributed by atoms with van der Waals surface area (Å²) in [4.78, 5) is 27.0. The van der Waals surface area contributed by atoms with E-state index in [1.165, 1.54) is 6.92 Å². The van der Waals surface area contributed by atoms with Crippen molar-refractivity contribution in [3.63, 3.8) is 0 Å². The number of aliphatic hydroxyl groups excluding tert-OH is 1. The zero-order valence-electron chi connectivity index (χ0n) is 14.4. The first-order valence-electron chi connectivity index (χ1n) is 8.01. The minimum Gasteiger partial charge on any atom is -0.392 e. The molecule has 0 saturated heterocycles. The molecule has 24 heavy (non-hydrogen) atoms. The Morgan fingerprint density at radius 1 is 1.38 bits per heavy atom. The van der Waals surface area contributed by atoms with Gasteiger partial charge in [0.2, 0.25) is 5.91 Å². The first-order chi connectivity index (χ1) is 11.3. The Balaban J connectivity index is 0.00000254. The summed E-state index contributed by atoms with van der Waals surface area (Å²) in [7, 11) is 0. The Bertz CT molecular complexity index is 428. The van der Waals surface area contributed by atoms with E-state index in [0.29, 0.717) is 6.42 Å². The van der Waals surface area contributed by atoms with Crippen LogP contribution in [0, 0.1) is 17.8 Å². The third-order valence-corrected chi connectivity index (χ3v) is 4.62. The van der Waals surface area contributed by atoms with E-state index in [2.05, 4.69) is 10.3 Å². The van der Waals surface area contributed by atoms with Crippen LogP contribution in [-0.4, -0.2) is 46.8 Å². The quantitative estimate of drug-likeness (QED) is 0.240. The van der Waals surface area contributed by atoms with Gasteiger partial charge in [-0.25, -0.2) is 10.3 Å². The van der Waals surface area contributed by atoms with Gasteiger partial charge in [0.1, 0.15) is 6.29 Å². The van der Waals surface area contributed by atoms with Crippen molar-refractivity contribution in [1.29, 1.82) is 0 Å². The maximum Gasteiger partial charge on any atom is 0.217 e. The zero-order chi connectivity index (χ0) is 18.9. The molecule has 0 aliphatic heterocycles.